The maximum absolute atomic E-state index is 12.2. The molecule has 1 aromatic heterocycles. The highest BCUT2D eigenvalue weighted by atomic mass is 16.7. The van der Waals surface area contributed by atoms with Gasteiger partial charge in [0, 0.05) is 36.3 Å². The summed E-state index contributed by atoms with van der Waals surface area (Å²) < 4.78 is 5.44. The lowest BCUT2D eigenvalue weighted by molar-refractivity contribution is -0.126. The van der Waals surface area contributed by atoms with E-state index in [2.05, 4.69) is 15.5 Å². The monoisotopic (exact) mass is 378 g/mol. The molecule has 1 N–H and O–H groups in total. The molecule has 2 aromatic carbocycles. The molecule has 1 aliphatic rings. The third-order valence-corrected chi connectivity index (χ3v) is 4.62. The molecule has 144 valence electrons. The molecule has 1 fully saturated rings. The Hall–Kier alpha value is -3.03. The zero-order chi connectivity index (χ0) is 19.3. The zero-order valence-electron chi connectivity index (χ0n) is 15.7. The van der Waals surface area contributed by atoms with Gasteiger partial charge in [0.05, 0.1) is 6.61 Å². The van der Waals surface area contributed by atoms with Crippen molar-refractivity contribution in [3.63, 3.8) is 0 Å². The largest absolute Gasteiger partial charge is 0.334 e. The highest BCUT2D eigenvalue weighted by molar-refractivity contribution is 5.91. The number of anilines is 1. The number of nitrogens with zero attached hydrogens (tertiary/aromatic N) is 3. The standard InChI is InChI=1S/C21H22N4O3/c1-15-6-2-3-9-18(15)20-23-21(28-24-20)16-7-4-8-17(14-16)22-19(26)10-12-25-11-5-13-27-25/h2-4,6-9,14H,5,10-13H2,1H3,(H,22,26). The van der Waals surface area contributed by atoms with Crippen LogP contribution in [0, 0.1) is 6.92 Å². The van der Waals surface area contributed by atoms with Crippen LogP contribution in [0.25, 0.3) is 22.8 Å². The van der Waals surface area contributed by atoms with E-state index in [0.717, 1.165) is 36.3 Å². The number of aromatic nitrogens is 2. The van der Waals surface area contributed by atoms with Crippen molar-refractivity contribution in [2.45, 2.75) is 19.8 Å². The van der Waals surface area contributed by atoms with E-state index in [1.165, 1.54) is 0 Å². The van der Waals surface area contributed by atoms with Gasteiger partial charge in [-0.25, -0.2) is 0 Å². The first-order valence-corrected chi connectivity index (χ1v) is 9.37. The van der Waals surface area contributed by atoms with E-state index >= 15 is 0 Å². The number of carbonyl (C=O) groups excluding carboxylic acids is 1. The highest BCUT2D eigenvalue weighted by Gasteiger charge is 2.15. The average molecular weight is 378 g/mol. The number of rotatable bonds is 6. The quantitative estimate of drug-likeness (QED) is 0.705. The Morgan fingerprint density at radius 3 is 2.93 bits per heavy atom. The molecule has 1 saturated heterocycles. The predicted molar refractivity (Wildman–Crippen MR) is 105 cm³/mol. The van der Waals surface area contributed by atoms with Gasteiger partial charge in [0.25, 0.3) is 5.89 Å². The summed E-state index contributed by atoms with van der Waals surface area (Å²) in [5.74, 6) is 0.909. The molecule has 7 heteroatoms. The van der Waals surface area contributed by atoms with Gasteiger partial charge in [0.15, 0.2) is 0 Å². The van der Waals surface area contributed by atoms with Crippen molar-refractivity contribution < 1.29 is 14.2 Å². The van der Waals surface area contributed by atoms with Crippen LogP contribution < -0.4 is 5.32 Å². The fourth-order valence-corrected chi connectivity index (χ4v) is 3.13. The molecule has 0 spiro atoms. The summed E-state index contributed by atoms with van der Waals surface area (Å²) in [6, 6.07) is 15.3. The molecule has 28 heavy (non-hydrogen) atoms. The third-order valence-electron chi connectivity index (χ3n) is 4.62. The van der Waals surface area contributed by atoms with Gasteiger partial charge in [-0.2, -0.15) is 10.0 Å². The van der Waals surface area contributed by atoms with Gasteiger partial charge in [0.2, 0.25) is 11.7 Å². The molecule has 0 bridgehead atoms. The SMILES string of the molecule is Cc1ccccc1-c1noc(-c2cccc(NC(=O)CCN3CCCO3)c2)n1. The fourth-order valence-electron chi connectivity index (χ4n) is 3.13. The number of hydrogen-bond acceptors (Lipinski definition) is 6. The summed E-state index contributed by atoms with van der Waals surface area (Å²) in [6.07, 6.45) is 1.39. The molecular weight excluding hydrogens is 356 g/mol. The summed E-state index contributed by atoms with van der Waals surface area (Å²) in [5.41, 5.74) is 3.47. The Labute approximate surface area is 163 Å². The van der Waals surface area contributed by atoms with Gasteiger partial charge < -0.3 is 9.84 Å². The van der Waals surface area contributed by atoms with Gasteiger partial charge in [-0.15, -0.1) is 0 Å². The smallest absolute Gasteiger partial charge is 0.258 e. The summed E-state index contributed by atoms with van der Waals surface area (Å²) >= 11 is 0. The fraction of sp³-hybridized carbons (Fsp3) is 0.286. The van der Waals surface area contributed by atoms with Crippen LogP contribution in [-0.2, 0) is 9.63 Å². The Balaban J connectivity index is 1.44. The number of hydrogen-bond donors (Lipinski definition) is 1. The Morgan fingerprint density at radius 2 is 2.11 bits per heavy atom. The van der Waals surface area contributed by atoms with Gasteiger partial charge in [0.1, 0.15) is 0 Å². The first kappa shape index (κ1) is 18.3. The van der Waals surface area contributed by atoms with E-state index in [9.17, 15) is 4.79 Å². The maximum atomic E-state index is 12.2. The van der Waals surface area contributed by atoms with Crippen molar-refractivity contribution in [1.29, 1.82) is 0 Å². The number of amides is 1. The van der Waals surface area contributed by atoms with Crippen LogP contribution in [0.1, 0.15) is 18.4 Å². The highest BCUT2D eigenvalue weighted by Crippen LogP contribution is 2.26. The van der Waals surface area contributed by atoms with E-state index in [0.29, 0.717) is 30.4 Å². The van der Waals surface area contributed by atoms with E-state index in [1.807, 2.05) is 60.5 Å². The zero-order valence-corrected chi connectivity index (χ0v) is 15.7. The van der Waals surface area contributed by atoms with Crippen LogP contribution in [0.15, 0.2) is 53.1 Å². The van der Waals surface area contributed by atoms with Crippen LogP contribution in [0.4, 0.5) is 5.69 Å². The second kappa shape index (κ2) is 8.33. The van der Waals surface area contributed by atoms with Gasteiger partial charge in [-0.3, -0.25) is 9.63 Å². The molecule has 4 rings (SSSR count). The van der Waals surface area contributed by atoms with Gasteiger partial charge in [-0.1, -0.05) is 35.5 Å². The second-order valence-electron chi connectivity index (χ2n) is 6.73. The van der Waals surface area contributed by atoms with Crippen molar-refractivity contribution in [2.24, 2.45) is 0 Å². The van der Waals surface area contributed by atoms with Crippen molar-refractivity contribution >= 4 is 11.6 Å². The summed E-state index contributed by atoms with van der Waals surface area (Å²) in [4.78, 5) is 22.1. The molecule has 0 unspecified atom stereocenters. The Kier molecular flexibility index (Phi) is 5.45. The lowest BCUT2D eigenvalue weighted by Gasteiger charge is -2.13. The van der Waals surface area contributed by atoms with Crippen LogP contribution in [0.5, 0.6) is 0 Å². The molecule has 1 aliphatic heterocycles. The normalized spacial score (nSPS) is 14.3. The molecule has 2 heterocycles. The number of aryl methyl sites for hydroxylation is 1. The van der Waals surface area contributed by atoms with Crippen LogP contribution in [-0.4, -0.2) is 40.8 Å². The molecule has 3 aromatic rings. The minimum absolute atomic E-state index is 0.0567. The first-order valence-electron chi connectivity index (χ1n) is 9.37. The summed E-state index contributed by atoms with van der Waals surface area (Å²) in [5, 5.41) is 8.84. The lowest BCUT2D eigenvalue weighted by Crippen LogP contribution is -2.24. The number of benzene rings is 2. The van der Waals surface area contributed by atoms with E-state index in [-0.39, 0.29) is 5.91 Å². The van der Waals surface area contributed by atoms with E-state index in [1.54, 1.807) is 0 Å². The third kappa shape index (κ3) is 4.27. The summed E-state index contributed by atoms with van der Waals surface area (Å²) in [6.45, 7) is 4.21. The molecule has 0 atom stereocenters. The van der Waals surface area contributed by atoms with Crippen molar-refractivity contribution in [1.82, 2.24) is 15.2 Å². The second-order valence-corrected chi connectivity index (χ2v) is 6.73. The Bertz CT molecular complexity index is 964. The van der Waals surface area contributed by atoms with E-state index < -0.39 is 0 Å². The molecule has 0 aliphatic carbocycles. The van der Waals surface area contributed by atoms with Gasteiger partial charge >= 0.3 is 0 Å². The Morgan fingerprint density at radius 1 is 1.21 bits per heavy atom. The topological polar surface area (TPSA) is 80.5 Å². The number of nitrogens with one attached hydrogen (secondary N) is 1. The minimum atomic E-state index is -0.0567. The first-order chi connectivity index (χ1) is 13.7. The van der Waals surface area contributed by atoms with Crippen LogP contribution >= 0.6 is 0 Å². The molecular formula is C21H22N4O3. The lowest BCUT2D eigenvalue weighted by atomic mass is 10.1. The number of carbonyl (C=O) groups is 1. The van der Waals surface area contributed by atoms with Crippen molar-refractivity contribution in [3.8, 4) is 22.8 Å². The van der Waals surface area contributed by atoms with Crippen LogP contribution in [0.2, 0.25) is 0 Å². The summed E-state index contributed by atoms with van der Waals surface area (Å²) in [7, 11) is 0. The molecule has 7 nitrogen and oxygen atoms in total. The molecule has 0 radical (unpaired) electrons. The van der Waals surface area contributed by atoms with Crippen LogP contribution in [0.3, 0.4) is 0 Å². The maximum Gasteiger partial charge on any atom is 0.258 e. The predicted octanol–water partition coefficient (Wildman–Crippen LogP) is 3.68. The average Bonchev–Trinajstić information content (AvgIpc) is 3.39. The van der Waals surface area contributed by atoms with Crippen molar-refractivity contribution in [2.75, 3.05) is 25.0 Å². The molecule has 0 saturated carbocycles. The molecule has 1 amide bonds. The number of hydroxylamine groups is 2. The van der Waals surface area contributed by atoms with E-state index in [4.69, 9.17) is 9.36 Å². The van der Waals surface area contributed by atoms with Gasteiger partial charge in [-0.05, 0) is 37.1 Å². The van der Waals surface area contributed by atoms with Crippen molar-refractivity contribution in [3.05, 3.63) is 54.1 Å². The minimum Gasteiger partial charge on any atom is -0.334 e.